The van der Waals surface area contributed by atoms with Gasteiger partial charge in [-0.15, -0.1) is 0 Å². The van der Waals surface area contributed by atoms with Gasteiger partial charge in [0.25, 0.3) is 11.5 Å². The SMILES string of the molecule is O=C(c1cccc(F)c1)N1CCCCC1c1nc2c(c(=O)[nH]1)CCN(C1CCCCC1)C2. The predicted octanol–water partition coefficient (Wildman–Crippen LogP) is 3.97. The van der Waals surface area contributed by atoms with Gasteiger partial charge < -0.3 is 9.88 Å². The molecule has 1 aliphatic carbocycles. The van der Waals surface area contributed by atoms with Gasteiger partial charge in [0.1, 0.15) is 11.6 Å². The number of hydrogen-bond donors (Lipinski definition) is 1. The van der Waals surface area contributed by atoms with Crippen LogP contribution in [0.5, 0.6) is 0 Å². The molecule has 0 spiro atoms. The zero-order chi connectivity index (χ0) is 22.1. The van der Waals surface area contributed by atoms with Gasteiger partial charge in [0.15, 0.2) is 0 Å². The van der Waals surface area contributed by atoms with Crippen molar-refractivity contribution in [2.75, 3.05) is 13.1 Å². The molecule has 1 atom stereocenters. The van der Waals surface area contributed by atoms with Gasteiger partial charge in [0.05, 0.1) is 11.7 Å². The number of rotatable bonds is 3. The molecule has 3 heterocycles. The first-order valence-electron chi connectivity index (χ1n) is 12.0. The van der Waals surface area contributed by atoms with Gasteiger partial charge in [-0.2, -0.15) is 0 Å². The number of benzene rings is 1. The first kappa shape index (κ1) is 21.3. The van der Waals surface area contributed by atoms with E-state index in [2.05, 4.69) is 9.88 Å². The normalized spacial score (nSPS) is 22.5. The average Bonchev–Trinajstić information content (AvgIpc) is 2.84. The fourth-order valence-electron chi connectivity index (χ4n) is 5.64. The fourth-order valence-corrected chi connectivity index (χ4v) is 5.64. The Morgan fingerprint density at radius 2 is 1.88 bits per heavy atom. The van der Waals surface area contributed by atoms with Crippen molar-refractivity contribution >= 4 is 5.91 Å². The highest BCUT2D eigenvalue weighted by atomic mass is 19.1. The number of aromatic amines is 1. The number of halogens is 1. The molecule has 6 nitrogen and oxygen atoms in total. The van der Waals surface area contributed by atoms with Crippen molar-refractivity contribution in [2.45, 2.75) is 76.4 Å². The maximum absolute atomic E-state index is 13.7. The summed E-state index contributed by atoms with van der Waals surface area (Å²) >= 11 is 0. The van der Waals surface area contributed by atoms with Crippen LogP contribution in [0.25, 0.3) is 0 Å². The van der Waals surface area contributed by atoms with Gasteiger partial charge >= 0.3 is 0 Å². The molecule has 1 amide bonds. The monoisotopic (exact) mass is 438 g/mol. The Kier molecular flexibility index (Phi) is 6.09. The predicted molar refractivity (Wildman–Crippen MR) is 120 cm³/mol. The van der Waals surface area contributed by atoms with E-state index in [1.165, 1.54) is 44.2 Å². The molecule has 1 unspecified atom stereocenters. The van der Waals surface area contributed by atoms with E-state index in [-0.39, 0.29) is 17.5 Å². The van der Waals surface area contributed by atoms with Crippen LogP contribution in [0.15, 0.2) is 29.1 Å². The summed E-state index contributed by atoms with van der Waals surface area (Å²) in [7, 11) is 0. The van der Waals surface area contributed by atoms with Crippen LogP contribution in [0, 0.1) is 5.82 Å². The Morgan fingerprint density at radius 1 is 1.06 bits per heavy atom. The molecule has 32 heavy (non-hydrogen) atoms. The maximum Gasteiger partial charge on any atom is 0.254 e. The molecule has 0 bridgehead atoms. The smallest absolute Gasteiger partial charge is 0.254 e. The molecule has 1 saturated heterocycles. The molecule has 1 N–H and O–H groups in total. The molecular weight excluding hydrogens is 407 g/mol. The molecule has 170 valence electrons. The number of fused-ring (bicyclic) bond motifs is 1. The molecule has 2 aromatic rings. The van der Waals surface area contributed by atoms with Gasteiger partial charge in [-0.1, -0.05) is 25.3 Å². The molecule has 1 saturated carbocycles. The van der Waals surface area contributed by atoms with E-state index in [1.807, 2.05) is 0 Å². The van der Waals surface area contributed by atoms with Crippen LogP contribution < -0.4 is 5.56 Å². The highest BCUT2D eigenvalue weighted by Gasteiger charge is 2.33. The molecule has 1 aromatic heterocycles. The first-order chi connectivity index (χ1) is 15.6. The number of carbonyl (C=O) groups excluding carboxylic acids is 1. The van der Waals surface area contributed by atoms with Crippen molar-refractivity contribution in [1.29, 1.82) is 0 Å². The van der Waals surface area contributed by atoms with Gasteiger partial charge in [0.2, 0.25) is 0 Å². The summed E-state index contributed by atoms with van der Waals surface area (Å²) in [5.41, 5.74) is 1.92. The summed E-state index contributed by atoms with van der Waals surface area (Å²) < 4.78 is 13.7. The Bertz CT molecular complexity index is 1050. The summed E-state index contributed by atoms with van der Waals surface area (Å²) in [5.74, 6) is -0.0605. The number of likely N-dealkylation sites (tertiary alicyclic amines) is 1. The van der Waals surface area contributed by atoms with Crippen molar-refractivity contribution in [3.05, 3.63) is 63.1 Å². The van der Waals surface area contributed by atoms with Crippen molar-refractivity contribution in [3.8, 4) is 0 Å². The highest BCUT2D eigenvalue weighted by Crippen LogP contribution is 2.32. The summed E-state index contributed by atoms with van der Waals surface area (Å²) in [6, 6.07) is 6.11. The number of amides is 1. The van der Waals surface area contributed by atoms with Gasteiger partial charge in [-0.05, 0) is 56.7 Å². The van der Waals surface area contributed by atoms with E-state index in [0.29, 0.717) is 30.5 Å². The molecular formula is C25H31FN4O2. The third-order valence-electron chi connectivity index (χ3n) is 7.36. The van der Waals surface area contributed by atoms with Crippen molar-refractivity contribution in [3.63, 3.8) is 0 Å². The minimum Gasteiger partial charge on any atom is -0.328 e. The Labute approximate surface area is 187 Å². The minimum absolute atomic E-state index is 0.0722. The largest absolute Gasteiger partial charge is 0.328 e. The van der Waals surface area contributed by atoms with Crippen LogP contribution in [0.4, 0.5) is 4.39 Å². The standard InChI is InChI=1S/C25H31FN4O2/c26-18-8-6-7-17(15-18)25(32)30-13-5-4-11-22(30)23-27-21-16-29(19-9-2-1-3-10-19)14-12-20(21)24(31)28-23/h6-8,15,19,22H,1-5,9-14,16H2,(H,27,28,31). The quantitative estimate of drug-likeness (QED) is 0.787. The molecule has 5 rings (SSSR count). The van der Waals surface area contributed by atoms with Crippen molar-refractivity contribution in [2.24, 2.45) is 0 Å². The lowest BCUT2D eigenvalue weighted by Gasteiger charge is -2.38. The van der Waals surface area contributed by atoms with Gasteiger partial charge in [-0.25, -0.2) is 9.37 Å². The molecule has 0 radical (unpaired) electrons. The van der Waals surface area contributed by atoms with Crippen LogP contribution in [0.1, 0.15) is 84.8 Å². The van der Waals surface area contributed by atoms with E-state index in [9.17, 15) is 14.0 Å². The number of hydrogen-bond acceptors (Lipinski definition) is 4. The number of aromatic nitrogens is 2. The number of H-pyrrole nitrogens is 1. The second-order valence-corrected chi connectivity index (χ2v) is 9.41. The lowest BCUT2D eigenvalue weighted by Crippen LogP contribution is -2.44. The first-order valence-corrected chi connectivity index (χ1v) is 12.0. The zero-order valence-electron chi connectivity index (χ0n) is 18.5. The van der Waals surface area contributed by atoms with E-state index in [0.717, 1.165) is 43.5 Å². The Morgan fingerprint density at radius 3 is 2.69 bits per heavy atom. The van der Waals surface area contributed by atoms with Gasteiger partial charge in [0, 0.05) is 36.8 Å². The van der Waals surface area contributed by atoms with E-state index in [4.69, 9.17) is 4.98 Å². The summed E-state index contributed by atoms with van der Waals surface area (Å²) in [4.78, 5) is 38.3. The topological polar surface area (TPSA) is 69.3 Å². The van der Waals surface area contributed by atoms with Crippen LogP contribution >= 0.6 is 0 Å². The number of carbonyl (C=O) groups is 1. The molecule has 1 aromatic carbocycles. The van der Waals surface area contributed by atoms with Crippen LogP contribution in [0.3, 0.4) is 0 Å². The fraction of sp³-hybridized carbons (Fsp3) is 0.560. The highest BCUT2D eigenvalue weighted by molar-refractivity contribution is 5.94. The van der Waals surface area contributed by atoms with E-state index >= 15 is 0 Å². The summed E-state index contributed by atoms with van der Waals surface area (Å²) in [6.45, 7) is 2.20. The van der Waals surface area contributed by atoms with Gasteiger partial charge in [-0.3, -0.25) is 14.5 Å². The van der Waals surface area contributed by atoms with Crippen LogP contribution in [-0.2, 0) is 13.0 Å². The number of nitrogens with zero attached hydrogens (tertiary/aromatic N) is 3. The van der Waals surface area contributed by atoms with Crippen LogP contribution in [-0.4, -0.2) is 44.8 Å². The molecule has 3 aliphatic rings. The third-order valence-corrected chi connectivity index (χ3v) is 7.36. The van der Waals surface area contributed by atoms with Crippen molar-refractivity contribution < 1.29 is 9.18 Å². The van der Waals surface area contributed by atoms with Crippen molar-refractivity contribution in [1.82, 2.24) is 19.8 Å². The average molecular weight is 439 g/mol. The minimum atomic E-state index is -0.424. The Balaban J connectivity index is 1.42. The second-order valence-electron chi connectivity index (χ2n) is 9.41. The zero-order valence-corrected chi connectivity index (χ0v) is 18.5. The third kappa shape index (κ3) is 4.22. The second kappa shape index (κ2) is 9.14. The van der Waals surface area contributed by atoms with Crippen LogP contribution in [0.2, 0.25) is 0 Å². The summed E-state index contributed by atoms with van der Waals surface area (Å²) in [5, 5.41) is 0. The molecule has 2 fully saturated rings. The lowest BCUT2D eigenvalue weighted by molar-refractivity contribution is 0.0597. The van der Waals surface area contributed by atoms with E-state index < -0.39 is 5.82 Å². The number of nitrogens with one attached hydrogen (secondary N) is 1. The molecule has 2 aliphatic heterocycles. The summed E-state index contributed by atoms with van der Waals surface area (Å²) in [6.07, 6.45) is 9.66. The lowest BCUT2D eigenvalue weighted by atomic mass is 9.92. The maximum atomic E-state index is 13.7. The molecule has 7 heteroatoms. The number of piperidine rings is 1. The van der Waals surface area contributed by atoms with E-state index in [1.54, 1.807) is 17.0 Å². The Hall–Kier alpha value is -2.54.